The quantitative estimate of drug-likeness (QED) is 0.282. The minimum absolute atomic E-state index is 0.0539. The Morgan fingerprint density at radius 1 is 1.21 bits per heavy atom. The van der Waals surface area contributed by atoms with Crippen LogP contribution in [-0.4, -0.2) is 42.3 Å². The number of nitrogens with zero attached hydrogens (tertiary/aromatic N) is 1. The number of hydrogen-bond donors (Lipinski definition) is 1. The van der Waals surface area contributed by atoms with Crippen molar-refractivity contribution in [3.05, 3.63) is 62.5 Å². The number of carbonyl (C=O) groups is 2. The third-order valence-electron chi connectivity index (χ3n) is 5.59. The van der Waals surface area contributed by atoms with Crippen molar-refractivity contribution in [2.45, 2.75) is 52.1 Å². The molecule has 0 bridgehead atoms. The Kier molecular flexibility index (Phi) is 7.50. The second kappa shape index (κ2) is 10.1. The van der Waals surface area contributed by atoms with Crippen molar-refractivity contribution in [3.8, 4) is 0 Å². The second-order valence-corrected chi connectivity index (χ2v) is 8.24. The highest BCUT2D eigenvalue weighted by atomic mass is 17.2. The molecule has 1 aromatic carbocycles. The number of rotatable bonds is 7. The zero-order chi connectivity index (χ0) is 24.2. The molecule has 0 spiro atoms. The lowest BCUT2D eigenvalue weighted by Crippen LogP contribution is -2.40. The van der Waals surface area contributed by atoms with Gasteiger partial charge in [-0.1, -0.05) is 12.1 Å². The lowest BCUT2D eigenvalue weighted by Gasteiger charge is -2.33. The Morgan fingerprint density at radius 2 is 1.88 bits per heavy atom. The molecule has 0 amide bonds. The van der Waals surface area contributed by atoms with Crippen molar-refractivity contribution < 1.29 is 33.8 Å². The van der Waals surface area contributed by atoms with Crippen molar-refractivity contribution in [2.75, 3.05) is 19.8 Å². The summed E-state index contributed by atoms with van der Waals surface area (Å²) in [6.45, 7) is 7.39. The molecule has 0 aliphatic carbocycles. The molecule has 10 nitrogen and oxygen atoms in total. The van der Waals surface area contributed by atoms with E-state index in [0.717, 1.165) is 6.42 Å². The van der Waals surface area contributed by atoms with Gasteiger partial charge in [0, 0.05) is 23.5 Å². The number of nitrogens with one attached hydrogen (secondary N) is 1. The molecule has 2 heterocycles. The molecule has 2 atom stereocenters. The topological polar surface area (TPSA) is 126 Å². The van der Waals surface area contributed by atoms with Gasteiger partial charge in [0.2, 0.25) is 0 Å². The van der Waals surface area contributed by atoms with Crippen LogP contribution in [0.5, 0.6) is 0 Å². The summed E-state index contributed by atoms with van der Waals surface area (Å²) in [5.74, 6) is -2.19. The first-order valence-corrected chi connectivity index (χ1v) is 10.7. The number of nitro benzene ring substituents is 1. The minimum Gasteiger partial charge on any atom is -0.463 e. The first-order chi connectivity index (χ1) is 15.7. The highest BCUT2D eigenvalue weighted by Gasteiger charge is 2.40. The van der Waals surface area contributed by atoms with Gasteiger partial charge in [-0.05, 0) is 46.1 Å². The predicted molar refractivity (Wildman–Crippen MR) is 117 cm³/mol. The van der Waals surface area contributed by atoms with Crippen LogP contribution < -0.4 is 5.32 Å². The third-order valence-corrected chi connectivity index (χ3v) is 5.59. The van der Waals surface area contributed by atoms with Crippen LogP contribution in [-0.2, 0) is 28.8 Å². The van der Waals surface area contributed by atoms with Crippen LogP contribution in [0.25, 0.3) is 0 Å². The number of esters is 2. The van der Waals surface area contributed by atoms with E-state index in [1.165, 1.54) is 18.2 Å². The molecule has 3 rings (SSSR count). The summed E-state index contributed by atoms with van der Waals surface area (Å²) in [4.78, 5) is 47.4. The molecule has 10 heteroatoms. The number of ether oxygens (including phenoxy) is 2. The smallest absolute Gasteiger partial charge is 0.336 e. The number of non-ortho nitro benzene ring substituents is 1. The van der Waals surface area contributed by atoms with Gasteiger partial charge in [-0.25, -0.2) is 19.4 Å². The third kappa shape index (κ3) is 5.40. The first-order valence-electron chi connectivity index (χ1n) is 10.7. The fourth-order valence-electron chi connectivity index (χ4n) is 4.02. The molecule has 1 fully saturated rings. The summed E-state index contributed by atoms with van der Waals surface area (Å²) >= 11 is 0. The molecule has 0 saturated carbocycles. The van der Waals surface area contributed by atoms with E-state index in [4.69, 9.17) is 19.2 Å². The number of hydrogen-bond acceptors (Lipinski definition) is 9. The van der Waals surface area contributed by atoms with E-state index in [1.54, 1.807) is 33.8 Å². The number of benzene rings is 1. The summed E-state index contributed by atoms with van der Waals surface area (Å²) in [5.41, 5.74) is 0.799. The molecule has 0 radical (unpaired) electrons. The SMILES string of the molecule is CCOC(=O)C1=C(C)NC(C)=C(C(=O)OCC2(C)CCCOO2)C1c1cccc([N+](=O)[O-])c1. The molecule has 33 heavy (non-hydrogen) atoms. The second-order valence-electron chi connectivity index (χ2n) is 8.24. The van der Waals surface area contributed by atoms with Crippen LogP contribution >= 0.6 is 0 Å². The minimum atomic E-state index is -0.908. The largest absolute Gasteiger partial charge is 0.463 e. The monoisotopic (exact) mass is 460 g/mol. The van der Waals surface area contributed by atoms with Gasteiger partial charge >= 0.3 is 11.9 Å². The molecule has 1 N–H and O–H groups in total. The zero-order valence-electron chi connectivity index (χ0n) is 19.1. The van der Waals surface area contributed by atoms with Crippen LogP contribution in [0.1, 0.15) is 52.0 Å². The molecular formula is C23H28N2O8. The molecule has 2 unspecified atom stereocenters. The van der Waals surface area contributed by atoms with Crippen LogP contribution in [0.4, 0.5) is 5.69 Å². The van der Waals surface area contributed by atoms with E-state index in [0.29, 0.717) is 30.0 Å². The molecule has 178 valence electrons. The van der Waals surface area contributed by atoms with Gasteiger partial charge in [-0.3, -0.25) is 10.1 Å². The standard InChI is InChI=1S/C23H28N2O8/c1-5-30-21(26)18-14(2)24-15(3)19(20(18)16-8-6-9-17(12-16)25(28)29)22(27)31-13-23(4)10-7-11-32-33-23/h6,8-9,12,20,24H,5,7,10-11,13H2,1-4H3. The maximum atomic E-state index is 13.3. The fraction of sp³-hybridized carbons (Fsp3) is 0.478. The van der Waals surface area contributed by atoms with Crippen LogP contribution in [0, 0.1) is 10.1 Å². The number of allylic oxidation sites excluding steroid dienone is 2. The Balaban J connectivity index is 2.01. The lowest BCUT2D eigenvalue weighted by molar-refractivity contribution is -0.384. The van der Waals surface area contributed by atoms with Crippen LogP contribution in [0.2, 0.25) is 0 Å². The van der Waals surface area contributed by atoms with Gasteiger partial charge in [0.1, 0.15) is 12.2 Å². The average molecular weight is 460 g/mol. The van der Waals surface area contributed by atoms with E-state index in [2.05, 4.69) is 5.32 Å². The normalized spacial score (nSPS) is 23.1. The Hall–Kier alpha value is -3.24. The van der Waals surface area contributed by atoms with Crippen molar-refractivity contribution in [1.29, 1.82) is 0 Å². The van der Waals surface area contributed by atoms with E-state index in [1.807, 2.05) is 0 Å². The lowest BCUT2D eigenvalue weighted by atomic mass is 9.80. The first kappa shape index (κ1) is 24.4. The van der Waals surface area contributed by atoms with Crippen LogP contribution in [0.15, 0.2) is 46.8 Å². The van der Waals surface area contributed by atoms with Crippen molar-refractivity contribution in [2.24, 2.45) is 0 Å². The zero-order valence-corrected chi connectivity index (χ0v) is 19.1. The maximum absolute atomic E-state index is 13.3. The highest BCUT2D eigenvalue weighted by molar-refractivity contribution is 6.00. The van der Waals surface area contributed by atoms with E-state index in [9.17, 15) is 19.7 Å². The molecule has 2 aliphatic rings. The van der Waals surface area contributed by atoms with Crippen molar-refractivity contribution >= 4 is 17.6 Å². The number of carbonyl (C=O) groups excluding carboxylic acids is 2. The molecule has 1 saturated heterocycles. The van der Waals surface area contributed by atoms with Crippen molar-refractivity contribution in [1.82, 2.24) is 5.32 Å². The van der Waals surface area contributed by atoms with Gasteiger partial charge < -0.3 is 14.8 Å². The van der Waals surface area contributed by atoms with Crippen LogP contribution in [0.3, 0.4) is 0 Å². The number of dihydropyridines is 1. The highest BCUT2D eigenvalue weighted by Crippen LogP contribution is 2.40. The summed E-state index contributed by atoms with van der Waals surface area (Å²) in [7, 11) is 0. The van der Waals surface area contributed by atoms with Gasteiger partial charge in [0.15, 0.2) is 0 Å². The van der Waals surface area contributed by atoms with Gasteiger partial charge in [0.05, 0.1) is 35.2 Å². The molecular weight excluding hydrogens is 432 g/mol. The van der Waals surface area contributed by atoms with E-state index >= 15 is 0 Å². The van der Waals surface area contributed by atoms with E-state index < -0.39 is 28.4 Å². The predicted octanol–water partition coefficient (Wildman–Crippen LogP) is 3.44. The maximum Gasteiger partial charge on any atom is 0.336 e. The summed E-state index contributed by atoms with van der Waals surface area (Å²) in [6, 6.07) is 5.85. The number of nitro groups is 1. The molecule has 0 aromatic heterocycles. The fourth-order valence-corrected chi connectivity index (χ4v) is 4.02. The van der Waals surface area contributed by atoms with Gasteiger partial charge in [-0.15, -0.1) is 0 Å². The van der Waals surface area contributed by atoms with Crippen molar-refractivity contribution in [3.63, 3.8) is 0 Å². The Labute approximate surface area is 191 Å². The summed E-state index contributed by atoms with van der Waals surface area (Å²) in [5, 5.41) is 14.4. The summed E-state index contributed by atoms with van der Waals surface area (Å²) < 4.78 is 10.8. The Bertz CT molecular complexity index is 1010. The van der Waals surface area contributed by atoms with Gasteiger partial charge in [-0.2, -0.15) is 0 Å². The molecule has 1 aromatic rings. The summed E-state index contributed by atoms with van der Waals surface area (Å²) in [6.07, 6.45) is 1.42. The van der Waals surface area contributed by atoms with E-state index in [-0.39, 0.29) is 30.0 Å². The Morgan fingerprint density at radius 3 is 2.45 bits per heavy atom. The van der Waals surface area contributed by atoms with Gasteiger partial charge in [0.25, 0.3) is 5.69 Å². The molecule has 2 aliphatic heterocycles. The average Bonchev–Trinajstić information content (AvgIpc) is 2.77.